The number of carbonyl (C=O) groups excluding carboxylic acids is 2. The van der Waals surface area contributed by atoms with Gasteiger partial charge in [-0.05, 0) is 56.7 Å². The van der Waals surface area contributed by atoms with Crippen molar-refractivity contribution in [2.24, 2.45) is 5.92 Å². The van der Waals surface area contributed by atoms with Crippen molar-refractivity contribution in [3.05, 3.63) is 46.2 Å². The van der Waals surface area contributed by atoms with Crippen LogP contribution in [0.1, 0.15) is 79.9 Å². The van der Waals surface area contributed by atoms with Gasteiger partial charge in [-0.3, -0.25) is 14.2 Å². The normalized spacial score (nSPS) is 18.7. The Kier molecular flexibility index (Phi) is 7.73. The van der Waals surface area contributed by atoms with E-state index in [9.17, 15) is 14.4 Å². The van der Waals surface area contributed by atoms with Gasteiger partial charge in [0.1, 0.15) is 17.9 Å². The smallest absolute Gasteiger partial charge is 0.326 e. The van der Waals surface area contributed by atoms with Crippen LogP contribution in [-0.2, 0) is 9.53 Å². The van der Waals surface area contributed by atoms with Crippen LogP contribution >= 0.6 is 0 Å². The molecular weight excluding hydrogens is 474 g/mol. The summed E-state index contributed by atoms with van der Waals surface area (Å²) >= 11 is 0. The maximum atomic E-state index is 13.6. The summed E-state index contributed by atoms with van der Waals surface area (Å²) in [6, 6.07) is 4.86. The van der Waals surface area contributed by atoms with Gasteiger partial charge >= 0.3 is 5.69 Å². The molecule has 1 aliphatic carbocycles. The summed E-state index contributed by atoms with van der Waals surface area (Å²) in [6.45, 7) is 2.98. The molecule has 10 nitrogen and oxygen atoms in total. The zero-order valence-corrected chi connectivity index (χ0v) is 21.3. The third kappa shape index (κ3) is 5.64. The summed E-state index contributed by atoms with van der Waals surface area (Å²) in [5, 5.41) is 9.76. The predicted octanol–water partition coefficient (Wildman–Crippen LogP) is 4.08. The molecule has 10 heteroatoms. The van der Waals surface area contributed by atoms with E-state index in [4.69, 9.17) is 9.26 Å². The van der Waals surface area contributed by atoms with E-state index in [0.717, 1.165) is 56.9 Å². The number of H-pyrrole nitrogens is 1. The van der Waals surface area contributed by atoms with Crippen LogP contribution < -0.4 is 16.3 Å². The molecule has 3 N–H and O–H groups in total. The number of hydrogen-bond donors (Lipinski definition) is 3. The van der Waals surface area contributed by atoms with Gasteiger partial charge < -0.3 is 24.9 Å². The number of hydrogen-bond acceptors (Lipinski definition) is 6. The molecule has 37 heavy (non-hydrogen) atoms. The number of aromatic amines is 1. The molecule has 198 valence electrons. The van der Waals surface area contributed by atoms with E-state index in [-0.39, 0.29) is 29.5 Å². The lowest BCUT2D eigenvalue weighted by atomic mass is 9.85. The van der Waals surface area contributed by atoms with E-state index < -0.39 is 6.04 Å². The molecule has 1 aliphatic heterocycles. The highest BCUT2D eigenvalue weighted by atomic mass is 16.5. The molecule has 1 atom stereocenters. The number of nitrogens with zero attached hydrogens (tertiary/aromatic N) is 2. The molecule has 1 unspecified atom stereocenters. The molecule has 1 aromatic carbocycles. The first kappa shape index (κ1) is 25.3. The van der Waals surface area contributed by atoms with Crippen LogP contribution in [0.3, 0.4) is 0 Å². The monoisotopic (exact) mass is 509 g/mol. The molecule has 5 rings (SSSR count). The fraction of sp³-hybridized carbons (Fsp3) is 0.556. The molecule has 3 heterocycles. The zero-order chi connectivity index (χ0) is 25.8. The average molecular weight is 510 g/mol. The Morgan fingerprint density at radius 1 is 1.08 bits per heavy atom. The Morgan fingerprint density at radius 3 is 2.51 bits per heavy atom. The van der Waals surface area contributed by atoms with Crippen molar-refractivity contribution in [2.45, 2.75) is 76.8 Å². The maximum absolute atomic E-state index is 13.6. The average Bonchev–Trinajstić information content (AvgIpc) is 3.44. The van der Waals surface area contributed by atoms with Gasteiger partial charge in [0, 0.05) is 24.9 Å². The SMILES string of the molecule is Cc1nocc1C(=O)NC(C(=O)Nc1ccc2c(c1)[nH]c(=O)n2C1CCOCC1)C1CCCCCCC1. The summed E-state index contributed by atoms with van der Waals surface area (Å²) in [4.78, 5) is 42.3. The summed E-state index contributed by atoms with van der Waals surface area (Å²) < 4.78 is 12.2. The van der Waals surface area contributed by atoms with Crippen LogP contribution in [0.25, 0.3) is 11.0 Å². The van der Waals surface area contributed by atoms with Gasteiger partial charge in [0.05, 0.1) is 16.7 Å². The molecule has 0 bridgehead atoms. The quantitative estimate of drug-likeness (QED) is 0.459. The first-order valence-corrected chi connectivity index (χ1v) is 13.4. The van der Waals surface area contributed by atoms with Gasteiger partial charge in [0.15, 0.2) is 0 Å². The van der Waals surface area contributed by atoms with Crippen LogP contribution in [0.15, 0.2) is 33.8 Å². The maximum Gasteiger partial charge on any atom is 0.326 e. The van der Waals surface area contributed by atoms with Crippen molar-refractivity contribution in [2.75, 3.05) is 18.5 Å². The molecule has 0 spiro atoms. The molecular formula is C27H35N5O5. The molecule has 3 aromatic rings. The summed E-state index contributed by atoms with van der Waals surface area (Å²) in [7, 11) is 0. The molecule has 1 saturated carbocycles. The lowest BCUT2D eigenvalue weighted by molar-refractivity contribution is -0.119. The number of benzene rings is 1. The summed E-state index contributed by atoms with van der Waals surface area (Å²) in [6.07, 6.45) is 10.2. The molecule has 1 saturated heterocycles. The topological polar surface area (TPSA) is 131 Å². The first-order chi connectivity index (χ1) is 18.0. The number of ether oxygens (including phenoxy) is 1. The van der Waals surface area contributed by atoms with Gasteiger partial charge in [-0.25, -0.2) is 4.79 Å². The number of amides is 2. The van der Waals surface area contributed by atoms with Crippen molar-refractivity contribution in [1.29, 1.82) is 0 Å². The lowest BCUT2D eigenvalue weighted by Crippen LogP contribution is -2.48. The van der Waals surface area contributed by atoms with Crippen molar-refractivity contribution >= 4 is 28.5 Å². The van der Waals surface area contributed by atoms with E-state index >= 15 is 0 Å². The third-order valence-electron chi connectivity index (χ3n) is 7.72. The van der Waals surface area contributed by atoms with Crippen LogP contribution in [-0.4, -0.2) is 45.8 Å². The fourth-order valence-electron chi connectivity index (χ4n) is 5.68. The van der Waals surface area contributed by atoms with E-state index in [2.05, 4.69) is 20.8 Å². The molecule has 2 aliphatic rings. The second-order valence-electron chi connectivity index (χ2n) is 10.2. The molecule has 0 radical (unpaired) electrons. The minimum Gasteiger partial charge on any atom is -0.381 e. The third-order valence-corrected chi connectivity index (χ3v) is 7.72. The number of nitrogens with one attached hydrogen (secondary N) is 3. The number of aromatic nitrogens is 3. The van der Waals surface area contributed by atoms with Gasteiger partial charge in [-0.1, -0.05) is 37.3 Å². The Labute approximate surface area is 215 Å². The highest BCUT2D eigenvalue weighted by Crippen LogP contribution is 2.28. The van der Waals surface area contributed by atoms with Gasteiger partial charge in [0.2, 0.25) is 5.91 Å². The molecule has 2 fully saturated rings. The van der Waals surface area contributed by atoms with Gasteiger partial charge in [0.25, 0.3) is 5.91 Å². The Morgan fingerprint density at radius 2 is 1.81 bits per heavy atom. The largest absolute Gasteiger partial charge is 0.381 e. The van der Waals surface area contributed by atoms with E-state index in [0.29, 0.717) is 35.7 Å². The fourth-order valence-corrected chi connectivity index (χ4v) is 5.68. The van der Waals surface area contributed by atoms with Crippen molar-refractivity contribution in [3.8, 4) is 0 Å². The number of rotatable bonds is 6. The lowest BCUT2D eigenvalue weighted by Gasteiger charge is -2.28. The van der Waals surface area contributed by atoms with Gasteiger partial charge in [-0.2, -0.15) is 0 Å². The van der Waals surface area contributed by atoms with Crippen LogP contribution in [0.5, 0.6) is 0 Å². The predicted molar refractivity (Wildman–Crippen MR) is 139 cm³/mol. The summed E-state index contributed by atoms with van der Waals surface area (Å²) in [5.74, 6) is -0.601. The van der Waals surface area contributed by atoms with Gasteiger partial charge in [-0.15, -0.1) is 0 Å². The number of anilines is 1. The first-order valence-electron chi connectivity index (χ1n) is 13.4. The Balaban J connectivity index is 1.37. The van der Waals surface area contributed by atoms with Crippen molar-refractivity contribution in [1.82, 2.24) is 20.0 Å². The number of imidazole rings is 1. The highest BCUT2D eigenvalue weighted by molar-refractivity contribution is 6.02. The molecule has 2 amide bonds. The second-order valence-corrected chi connectivity index (χ2v) is 10.2. The van der Waals surface area contributed by atoms with Crippen LogP contribution in [0, 0.1) is 12.8 Å². The number of fused-ring (bicyclic) bond motifs is 1. The Bertz CT molecular complexity index is 1290. The Hall–Kier alpha value is -3.40. The minimum absolute atomic E-state index is 0.0301. The second kappa shape index (κ2) is 11.3. The minimum atomic E-state index is -0.693. The van der Waals surface area contributed by atoms with E-state index in [1.807, 2.05) is 12.1 Å². The van der Waals surface area contributed by atoms with Crippen molar-refractivity contribution < 1.29 is 18.8 Å². The zero-order valence-electron chi connectivity index (χ0n) is 21.3. The van der Waals surface area contributed by atoms with Crippen LogP contribution in [0.4, 0.5) is 5.69 Å². The van der Waals surface area contributed by atoms with Crippen molar-refractivity contribution in [3.63, 3.8) is 0 Å². The summed E-state index contributed by atoms with van der Waals surface area (Å²) in [5.41, 5.74) is 2.71. The van der Waals surface area contributed by atoms with E-state index in [1.54, 1.807) is 17.6 Å². The van der Waals surface area contributed by atoms with E-state index in [1.165, 1.54) is 12.7 Å². The molecule has 2 aromatic heterocycles. The standard InChI is InChI=1S/C27H35N5O5/c1-17-21(16-37-31-17)25(33)30-24(18-7-5-3-2-4-6-8-18)26(34)28-19-9-10-23-22(15-19)29-27(35)32(23)20-11-13-36-14-12-20/h9-10,15-16,18,20,24H,2-8,11-14H2,1H3,(H,28,34)(H,29,35)(H,30,33). The number of aryl methyl sites for hydroxylation is 1. The highest BCUT2D eigenvalue weighted by Gasteiger charge is 2.31. The van der Waals surface area contributed by atoms with Crippen LogP contribution in [0.2, 0.25) is 0 Å². The number of carbonyl (C=O) groups is 2.